The second-order valence-corrected chi connectivity index (χ2v) is 6.41. The number of hydrogen-bond acceptors (Lipinski definition) is 4. The van der Waals surface area contributed by atoms with Crippen LogP contribution in [0.5, 0.6) is 0 Å². The van der Waals surface area contributed by atoms with Gasteiger partial charge in [-0.05, 0) is 65.8 Å². The van der Waals surface area contributed by atoms with Gasteiger partial charge in [0.2, 0.25) is 0 Å². The van der Waals surface area contributed by atoms with Crippen LogP contribution in [0.15, 0.2) is 0 Å². The van der Waals surface area contributed by atoms with Crippen LogP contribution in [-0.4, -0.2) is 72.7 Å². The third kappa shape index (κ3) is 5.24. The summed E-state index contributed by atoms with van der Waals surface area (Å²) >= 11 is 0. The maximum absolute atomic E-state index is 11.6. The van der Waals surface area contributed by atoms with Gasteiger partial charge in [0.25, 0.3) is 0 Å². The minimum Gasteiger partial charge on any atom is -0.480 e. The van der Waals surface area contributed by atoms with Crippen LogP contribution in [0.25, 0.3) is 0 Å². The molecule has 0 aromatic rings. The zero-order chi connectivity index (χ0) is 15.9. The summed E-state index contributed by atoms with van der Waals surface area (Å²) < 4.78 is 0. The molecule has 0 aliphatic carbocycles. The number of hydrogen-bond donors (Lipinski definition) is 2. The topological polar surface area (TPSA) is 55.8 Å². The fourth-order valence-electron chi connectivity index (χ4n) is 3.37. The summed E-state index contributed by atoms with van der Waals surface area (Å²) in [5.41, 5.74) is -0.751. The number of nitrogens with one attached hydrogen (secondary N) is 1. The first-order valence-corrected chi connectivity index (χ1v) is 8.32. The van der Waals surface area contributed by atoms with Crippen molar-refractivity contribution < 1.29 is 9.90 Å². The summed E-state index contributed by atoms with van der Waals surface area (Å²) in [6.07, 6.45) is 4.76. The van der Waals surface area contributed by atoms with E-state index in [2.05, 4.69) is 29.2 Å². The predicted molar refractivity (Wildman–Crippen MR) is 86.7 cm³/mol. The molecule has 0 amide bonds. The SMILES string of the molecule is CCNC(CC)(CCCN(C)C1CCCN(C)C1)C(=O)O. The van der Waals surface area contributed by atoms with E-state index in [1.807, 2.05) is 13.8 Å². The molecule has 0 saturated carbocycles. The lowest BCUT2D eigenvalue weighted by molar-refractivity contribution is -0.145. The van der Waals surface area contributed by atoms with Crippen LogP contribution in [0.4, 0.5) is 0 Å². The molecule has 1 rings (SSSR count). The lowest BCUT2D eigenvalue weighted by atomic mass is 9.90. The molecule has 5 nitrogen and oxygen atoms in total. The normalized spacial score (nSPS) is 23.2. The minimum absolute atomic E-state index is 0.615. The summed E-state index contributed by atoms with van der Waals surface area (Å²) in [5.74, 6) is -0.716. The van der Waals surface area contributed by atoms with Crippen molar-refractivity contribution >= 4 is 5.97 Å². The van der Waals surface area contributed by atoms with Gasteiger partial charge in [0, 0.05) is 12.6 Å². The molecule has 1 fully saturated rings. The third-order valence-electron chi connectivity index (χ3n) is 4.87. The van der Waals surface area contributed by atoms with E-state index in [4.69, 9.17) is 0 Å². The van der Waals surface area contributed by atoms with E-state index >= 15 is 0 Å². The Kier molecular flexibility index (Phi) is 7.63. The fraction of sp³-hybridized carbons (Fsp3) is 0.938. The summed E-state index contributed by atoms with van der Waals surface area (Å²) in [4.78, 5) is 16.4. The average molecular weight is 299 g/mol. The molecule has 1 aliphatic rings. The molecule has 1 heterocycles. The summed E-state index contributed by atoms with van der Waals surface area (Å²) in [6, 6.07) is 0.615. The number of likely N-dealkylation sites (N-methyl/N-ethyl adjacent to an activating group) is 3. The molecule has 0 aromatic carbocycles. The van der Waals surface area contributed by atoms with E-state index in [0.717, 1.165) is 19.5 Å². The van der Waals surface area contributed by atoms with Crippen LogP contribution in [-0.2, 0) is 4.79 Å². The van der Waals surface area contributed by atoms with Gasteiger partial charge in [0.05, 0.1) is 0 Å². The molecular weight excluding hydrogens is 266 g/mol. The Morgan fingerprint density at radius 1 is 1.48 bits per heavy atom. The van der Waals surface area contributed by atoms with Crippen molar-refractivity contribution in [1.82, 2.24) is 15.1 Å². The molecule has 1 saturated heterocycles. The van der Waals surface area contributed by atoms with E-state index in [1.165, 1.54) is 19.4 Å². The standard InChI is InChI=1S/C16H33N3O2/c1-5-16(15(20)21,17-6-2)10-8-12-19(4)14-9-7-11-18(3)13-14/h14,17H,5-13H2,1-4H3,(H,20,21). The van der Waals surface area contributed by atoms with Crippen molar-refractivity contribution in [2.24, 2.45) is 0 Å². The smallest absolute Gasteiger partial charge is 0.323 e. The Morgan fingerprint density at radius 2 is 2.19 bits per heavy atom. The van der Waals surface area contributed by atoms with Gasteiger partial charge in [-0.15, -0.1) is 0 Å². The first-order chi connectivity index (χ1) is 9.95. The third-order valence-corrected chi connectivity index (χ3v) is 4.87. The predicted octanol–water partition coefficient (Wildman–Crippen LogP) is 1.64. The Hall–Kier alpha value is -0.650. The van der Waals surface area contributed by atoms with Crippen LogP contribution in [0, 0.1) is 0 Å². The lowest BCUT2D eigenvalue weighted by Gasteiger charge is -2.36. The molecule has 2 unspecified atom stereocenters. The van der Waals surface area contributed by atoms with Crippen molar-refractivity contribution in [3.63, 3.8) is 0 Å². The van der Waals surface area contributed by atoms with Gasteiger partial charge in [-0.2, -0.15) is 0 Å². The number of likely N-dealkylation sites (tertiary alicyclic amines) is 1. The second-order valence-electron chi connectivity index (χ2n) is 6.41. The molecule has 0 aromatic heterocycles. The van der Waals surface area contributed by atoms with E-state index < -0.39 is 11.5 Å². The maximum atomic E-state index is 11.6. The molecular formula is C16H33N3O2. The second kappa shape index (κ2) is 8.71. The van der Waals surface area contributed by atoms with Crippen LogP contribution in [0.1, 0.15) is 46.0 Å². The molecule has 2 N–H and O–H groups in total. The van der Waals surface area contributed by atoms with E-state index in [1.54, 1.807) is 0 Å². The number of carboxylic acids is 1. The highest BCUT2D eigenvalue weighted by atomic mass is 16.4. The van der Waals surface area contributed by atoms with Crippen LogP contribution in [0.2, 0.25) is 0 Å². The molecule has 21 heavy (non-hydrogen) atoms. The van der Waals surface area contributed by atoms with Crippen LogP contribution in [0.3, 0.4) is 0 Å². The zero-order valence-corrected chi connectivity index (χ0v) is 14.2. The Bertz CT molecular complexity index is 325. The maximum Gasteiger partial charge on any atom is 0.323 e. The highest BCUT2D eigenvalue weighted by Gasteiger charge is 2.35. The van der Waals surface area contributed by atoms with Crippen LogP contribution >= 0.6 is 0 Å². The van der Waals surface area contributed by atoms with Crippen molar-refractivity contribution in [3.05, 3.63) is 0 Å². The van der Waals surface area contributed by atoms with Crippen molar-refractivity contribution in [2.45, 2.75) is 57.5 Å². The average Bonchev–Trinajstić information content (AvgIpc) is 2.45. The number of carboxylic acid groups (broad SMARTS) is 1. The first kappa shape index (κ1) is 18.4. The molecule has 2 atom stereocenters. The Morgan fingerprint density at radius 3 is 2.71 bits per heavy atom. The zero-order valence-electron chi connectivity index (χ0n) is 14.2. The molecule has 124 valence electrons. The van der Waals surface area contributed by atoms with Crippen molar-refractivity contribution in [2.75, 3.05) is 40.3 Å². The molecule has 5 heteroatoms. The summed E-state index contributed by atoms with van der Waals surface area (Å²) in [6.45, 7) is 7.92. The molecule has 0 spiro atoms. The Labute approximate surface area is 129 Å². The van der Waals surface area contributed by atoms with E-state index in [0.29, 0.717) is 25.4 Å². The summed E-state index contributed by atoms with van der Waals surface area (Å²) in [5, 5.41) is 12.7. The largest absolute Gasteiger partial charge is 0.480 e. The number of nitrogens with zero attached hydrogens (tertiary/aromatic N) is 2. The van der Waals surface area contributed by atoms with Gasteiger partial charge in [0.15, 0.2) is 0 Å². The number of rotatable bonds is 9. The minimum atomic E-state index is -0.751. The highest BCUT2D eigenvalue weighted by Crippen LogP contribution is 2.20. The van der Waals surface area contributed by atoms with Gasteiger partial charge >= 0.3 is 5.97 Å². The van der Waals surface area contributed by atoms with Gasteiger partial charge < -0.3 is 20.2 Å². The van der Waals surface area contributed by atoms with Gasteiger partial charge in [-0.1, -0.05) is 13.8 Å². The Balaban J connectivity index is 2.44. The molecule has 1 aliphatic heterocycles. The fourth-order valence-corrected chi connectivity index (χ4v) is 3.37. The van der Waals surface area contributed by atoms with Gasteiger partial charge in [0.1, 0.15) is 5.54 Å². The van der Waals surface area contributed by atoms with E-state index in [9.17, 15) is 9.90 Å². The molecule has 0 bridgehead atoms. The lowest BCUT2D eigenvalue weighted by Crippen LogP contribution is -2.52. The van der Waals surface area contributed by atoms with E-state index in [-0.39, 0.29) is 0 Å². The number of aliphatic carboxylic acids is 1. The van der Waals surface area contributed by atoms with Crippen LogP contribution < -0.4 is 5.32 Å². The monoisotopic (exact) mass is 299 g/mol. The van der Waals surface area contributed by atoms with Crippen molar-refractivity contribution in [1.29, 1.82) is 0 Å². The highest BCUT2D eigenvalue weighted by molar-refractivity contribution is 5.78. The summed E-state index contributed by atoms with van der Waals surface area (Å²) in [7, 11) is 4.35. The van der Waals surface area contributed by atoms with Crippen molar-refractivity contribution in [3.8, 4) is 0 Å². The van der Waals surface area contributed by atoms with Gasteiger partial charge in [-0.25, -0.2) is 0 Å². The number of piperidine rings is 1. The molecule has 0 radical (unpaired) electrons. The number of carbonyl (C=O) groups is 1. The quantitative estimate of drug-likeness (QED) is 0.678. The van der Waals surface area contributed by atoms with Gasteiger partial charge in [-0.3, -0.25) is 4.79 Å². The first-order valence-electron chi connectivity index (χ1n) is 8.32.